The molecule has 0 aromatic rings. The number of aliphatic hydroxyl groups excluding tert-OH is 1. The zero-order chi connectivity index (χ0) is 11.3. The molecule has 2 unspecified atom stereocenters. The van der Waals surface area contributed by atoms with Gasteiger partial charge >= 0.3 is 0 Å². The van der Waals surface area contributed by atoms with Gasteiger partial charge in [-0.25, -0.2) is 0 Å². The lowest BCUT2D eigenvalue weighted by molar-refractivity contribution is -0.123. The minimum absolute atomic E-state index is 0.0976. The predicted octanol–water partition coefficient (Wildman–Crippen LogP) is 0.215. The molecule has 0 aromatic heterocycles. The van der Waals surface area contributed by atoms with Crippen LogP contribution < -0.4 is 5.32 Å². The van der Waals surface area contributed by atoms with Crippen molar-refractivity contribution in [3.63, 3.8) is 0 Å². The first-order valence-corrected chi connectivity index (χ1v) is 5.80. The van der Waals surface area contributed by atoms with Crippen molar-refractivity contribution >= 4 is 5.91 Å². The predicted molar refractivity (Wildman–Crippen MR) is 59.5 cm³/mol. The summed E-state index contributed by atoms with van der Waals surface area (Å²) in [6, 6.07) is 0. The molecule has 0 spiro atoms. The van der Waals surface area contributed by atoms with Crippen LogP contribution in [0.4, 0.5) is 0 Å². The van der Waals surface area contributed by atoms with Gasteiger partial charge in [-0.3, -0.25) is 9.69 Å². The number of amides is 1. The molecular formula is C11H22N2O2. The molecule has 0 aromatic carbocycles. The van der Waals surface area contributed by atoms with Gasteiger partial charge in [0.1, 0.15) is 0 Å². The summed E-state index contributed by atoms with van der Waals surface area (Å²) in [7, 11) is 0. The summed E-state index contributed by atoms with van der Waals surface area (Å²) in [6.45, 7) is 6.94. The second kappa shape index (κ2) is 6.08. The lowest BCUT2D eigenvalue weighted by Gasteiger charge is -2.33. The van der Waals surface area contributed by atoms with Crippen LogP contribution in [0.5, 0.6) is 0 Å². The lowest BCUT2D eigenvalue weighted by Crippen LogP contribution is -2.46. The van der Waals surface area contributed by atoms with Gasteiger partial charge in [-0.05, 0) is 18.8 Å². The van der Waals surface area contributed by atoms with Crippen LogP contribution in [0.2, 0.25) is 0 Å². The minimum Gasteiger partial charge on any atom is -0.393 e. The van der Waals surface area contributed by atoms with Gasteiger partial charge in [-0.15, -0.1) is 0 Å². The summed E-state index contributed by atoms with van der Waals surface area (Å²) in [5.41, 5.74) is 0. The molecule has 0 saturated carbocycles. The highest BCUT2D eigenvalue weighted by molar-refractivity contribution is 5.77. The van der Waals surface area contributed by atoms with Gasteiger partial charge in [0.15, 0.2) is 0 Å². The van der Waals surface area contributed by atoms with Gasteiger partial charge in [0.25, 0.3) is 0 Å². The van der Waals surface area contributed by atoms with E-state index in [1.807, 2.05) is 13.8 Å². The normalized spacial score (nSPS) is 27.7. The average Bonchev–Trinajstić information content (AvgIpc) is 2.20. The summed E-state index contributed by atoms with van der Waals surface area (Å²) < 4.78 is 0. The Hall–Kier alpha value is -0.610. The van der Waals surface area contributed by atoms with Crippen LogP contribution in [0.15, 0.2) is 0 Å². The Bertz CT molecular complexity index is 209. The summed E-state index contributed by atoms with van der Waals surface area (Å²) in [4.78, 5) is 13.6. The van der Waals surface area contributed by atoms with Crippen LogP contribution in [-0.2, 0) is 4.79 Å². The highest BCUT2D eigenvalue weighted by Crippen LogP contribution is 2.15. The molecule has 1 saturated heterocycles. The molecule has 1 rings (SSSR count). The summed E-state index contributed by atoms with van der Waals surface area (Å²) in [5, 5.41) is 12.4. The number of likely N-dealkylation sites (tertiary alicyclic amines) is 1. The van der Waals surface area contributed by atoms with E-state index in [0.717, 1.165) is 32.5 Å². The van der Waals surface area contributed by atoms with Gasteiger partial charge < -0.3 is 10.4 Å². The number of carbonyl (C=O) groups excluding carboxylic acids is 1. The van der Waals surface area contributed by atoms with E-state index in [4.69, 9.17) is 0 Å². The van der Waals surface area contributed by atoms with E-state index in [9.17, 15) is 9.90 Å². The molecule has 88 valence electrons. The van der Waals surface area contributed by atoms with E-state index < -0.39 is 0 Å². The Morgan fingerprint density at radius 1 is 1.60 bits per heavy atom. The third-order valence-corrected chi connectivity index (χ3v) is 2.88. The smallest absolute Gasteiger partial charge is 0.234 e. The van der Waals surface area contributed by atoms with E-state index in [1.165, 1.54) is 0 Å². The number of carbonyl (C=O) groups is 1. The fourth-order valence-electron chi connectivity index (χ4n) is 1.89. The Balaban J connectivity index is 2.24. The average molecular weight is 214 g/mol. The van der Waals surface area contributed by atoms with Gasteiger partial charge in [0, 0.05) is 19.6 Å². The third kappa shape index (κ3) is 4.18. The number of nitrogens with one attached hydrogen (secondary N) is 1. The molecule has 1 fully saturated rings. The number of rotatable bonds is 4. The zero-order valence-electron chi connectivity index (χ0n) is 9.70. The fourth-order valence-corrected chi connectivity index (χ4v) is 1.89. The second-order valence-corrected chi connectivity index (χ2v) is 4.42. The van der Waals surface area contributed by atoms with Crippen molar-refractivity contribution in [2.45, 2.75) is 32.8 Å². The van der Waals surface area contributed by atoms with Gasteiger partial charge in [-0.2, -0.15) is 0 Å². The molecule has 1 aliphatic heterocycles. The molecule has 2 N–H and O–H groups in total. The van der Waals surface area contributed by atoms with Gasteiger partial charge in [0.05, 0.1) is 12.6 Å². The highest BCUT2D eigenvalue weighted by Gasteiger charge is 2.24. The molecule has 0 radical (unpaired) electrons. The SMILES string of the molecule is CCCNC(=O)CN1CCC(O)C(C)C1. The maximum absolute atomic E-state index is 11.4. The van der Waals surface area contributed by atoms with Gasteiger partial charge in [0.2, 0.25) is 5.91 Å². The summed E-state index contributed by atoms with van der Waals surface area (Å²) in [6.07, 6.45) is 1.56. The molecule has 2 atom stereocenters. The molecule has 0 aliphatic carbocycles. The first-order chi connectivity index (χ1) is 7.13. The van der Waals surface area contributed by atoms with Crippen LogP contribution in [0.1, 0.15) is 26.7 Å². The van der Waals surface area contributed by atoms with Crippen molar-refractivity contribution in [1.82, 2.24) is 10.2 Å². The first-order valence-electron chi connectivity index (χ1n) is 5.80. The van der Waals surface area contributed by atoms with Crippen LogP contribution in [0.25, 0.3) is 0 Å². The van der Waals surface area contributed by atoms with E-state index >= 15 is 0 Å². The van der Waals surface area contributed by atoms with E-state index in [2.05, 4.69) is 10.2 Å². The Morgan fingerprint density at radius 3 is 2.93 bits per heavy atom. The van der Waals surface area contributed by atoms with Crippen molar-refractivity contribution in [3.05, 3.63) is 0 Å². The largest absolute Gasteiger partial charge is 0.393 e. The maximum atomic E-state index is 11.4. The maximum Gasteiger partial charge on any atom is 0.234 e. The molecule has 1 aliphatic rings. The topological polar surface area (TPSA) is 52.6 Å². The van der Waals surface area contributed by atoms with Crippen LogP contribution >= 0.6 is 0 Å². The Labute approximate surface area is 91.6 Å². The summed E-state index contributed by atoms with van der Waals surface area (Å²) in [5.74, 6) is 0.373. The highest BCUT2D eigenvalue weighted by atomic mass is 16.3. The van der Waals surface area contributed by atoms with E-state index in [1.54, 1.807) is 0 Å². The first kappa shape index (κ1) is 12.5. The molecular weight excluding hydrogens is 192 g/mol. The standard InChI is InChI=1S/C11H22N2O2/c1-3-5-12-11(15)8-13-6-4-10(14)9(2)7-13/h9-10,14H,3-8H2,1-2H3,(H,12,15). The van der Waals surface area contributed by atoms with Crippen LogP contribution in [-0.4, -0.2) is 48.2 Å². The summed E-state index contributed by atoms with van der Waals surface area (Å²) >= 11 is 0. The number of hydrogen-bond donors (Lipinski definition) is 2. The minimum atomic E-state index is -0.194. The van der Waals surface area contributed by atoms with Crippen LogP contribution in [0.3, 0.4) is 0 Å². The Kier molecular flexibility index (Phi) is 5.05. The molecule has 1 amide bonds. The lowest BCUT2D eigenvalue weighted by atomic mass is 9.97. The van der Waals surface area contributed by atoms with Crippen molar-refractivity contribution in [3.8, 4) is 0 Å². The third-order valence-electron chi connectivity index (χ3n) is 2.88. The number of hydrogen-bond acceptors (Lipinski definition) is 3. The Morgan fingerprint density at radius 2 is 2.33 bits per heavy atom. The van der Waals surface area contributed by atoms with E-state index in [0.29, 0.717) is 6.54 Å². The molecule has 4 heteroatoms. The fraction of sp³-hybridized carbons (Fsp3) is 0.909. The van der Waals surface area contributed by atoms with Gasteiger partial charge in [-0.1, -0.05) is 13.8 Å². The monoisotopic (exact) mass is 214 g/mol. The van der Waals surface area contributed by atoms with Crippen molar-refractivity contribution in [2.75, 3.05) is 26.2 Å². The van der Waals surface area contributed by atoms with Crippen molar-refractivity contribution in [2.24, 2.45) is 5.92 Å². The molecule has 1 heterocycles. The number of aliphatic hydroxyl groups is 1. The molecule has 0 bridgehead atoms. The zero-order valence-corrected chi connectivity index (χ0v) is 9.70. The van der Waals surface area contributed by atoms with E-state index in [-0.39, 0.29) is 17.9 Å². The molecule has 4 nitrogen and oxygen atoms in total. The number of piperidine rings is 1. The van der Waals surface area contributed by atoms with Crippen LogP contribution in [0, 0.1) is 5.92 Å². The van der Waals surface area contributed by atoms with Crippen molar-refractivity contribution in [1.29, 1.82) is 0 Å². The molecule has 15 heavy (non-hydrogen) atoms. The van der Waals surface area contributed by atoms with Crippen molar-refractivity contribution < 1.29 is 9.90 Å². The quantitative estimate of drug-likeness (QED) is 0.703. The number of nitrogens with zero attached hydrogens (tertiary/aromatic N) is 1. The second-order valence-electron chi connectivity index (χ2n) is 4.42.